The van der Waals surface area contributed by atoms with Crippen molar-refractivity contribution in [3.05, 3.63) is 89.0 Å². The van der Waals surface area contributed by atoms with Crippen LogP contribution < -0.4 is 15.1 Å². The maximum absolute atomic E-state index is 9.87. The smallest absolute Gasteiger partial charge is 0.160 e. The quantitative estimate of drug-likeness (QED) is 0.0214. The number of nitrogens with zero attached hydrogens (tertiary/aromatic N) is 2. The van der Waals surface area contributed by atoms with Gasteiger partial charge in [-0.25, -0.2) is 0 Å². The van der Waals surface area contributed by atoms with E-state index in [0.717, 1.165) is 39.3 Å². The fourth-order valence-corrected chi connectivity index (χ4v) is 9.35. The number of rotatable bonds is 61. The van der Waals surface area contributed by atoms with Crippen LogP contribution in [0.1, 0.15) is 104 Å². The largest absolute Gasteiger partial charge is 0.391 e. The summed E-state index contributed by atoms with van der Waals surface area (Å²) >= 11 is 0. The Morgan fingerprint density at radius 3 is 1.13 bits per heavy atom. The van der Waals surface area contributed by atoms with Crippen molar-refractivity contribution in [2.75, 3.05) is 214 Å². The molecular weight excluding hydrogens is 1210 g/mol. The van der Waals surface area contributed by atoms with Crippen LogP contribution in [-0.2, 0) is 82.2 Å². The zero-order valence-corrected chi connectivity index (χ0v) is 59.3. The number of hydrogen-bond donors (Lipinski definition) is 5. The molecule has 0 aliphatic rings. The van der Waals surface area contributed by atoms with Crippen LogP contribution in [0.25, 0.3) is 0 Å². The number of aliphatic hydroxyl groups is 4. The highest BCUT2D eigenvalue weighted by molar-refractivity contribution is 5.58. The summed E-state index contributed by atoms with van der Waals surface area (Å²) in [6.07, 6.45) is -1.82. The summed E-state index contributed by atoms with van der Waals surface area (Å²) in [6, 6.07) is 24.2. The molecule has 5 N–H and O–H groups in total. The van der Waals surface area contributed by atoms with E-state index in [1.807, 2.05) is 55.6 Å². The maximum atomic E-state index is 9.87. The number of ether oxygens (including phenoxy) is 16. The molecule has 23 heteroatoms. The fourth-order valence-electron chi connectivity index (χ4n) is 9.35. The Bertz CT molecular complexity index is 2220. The van der Waals surface area contributed by atoms with E-state index < -0.39 is 24.1 Å². The number of aliphatic hydroxyl groups excluding tert-OH is 3. The maximum Gasteiger partial charge on any atom is 0.160 e. The minimum atomic E-state index is -1.21. The Labute approximate surface area is 563 Å². The standard InChI is InChI=1S/C71H123N3O20/c1-54(75)45-89-57(4)48-87-42-38-83-34-32-79-28-24-65-44-66(18-23-69(65)72-25-29-80-33-35-84-39-43-88-51-62(9)94-71(10,11)78)70(63-14-19-67(20-15-63)73(12)13)64-16-21-68(22-17-64)74(26-30-81-36-40-85-49-58(5)92-52-60(7)90-46-55(2)76)27-31-82-37-41-86-50-59(6)93-53-61(8)91-47-56(3)77/h14-23,44,54-62,70,72,75-78H,24-43,45-53H2,1-13H3. The second-order valence-corrected chi connectivity index (χ2v) is 24.7. The molecule has 0 fully saturated rings. The van der Waals surface area contributed by atoms with E-state index in [9.17, 15) is 20.4 Å². The van der Waals surface area contributed by atoms with Gasteiger partial charge in [-0.05, 0) is 135 Å². The fraction of sp³-hybridized carbons (Fsp3) is 0.746. The number of nitrogens with one attached hydrogen (secondary N) is 1. The van der Waals surface area contributed by atoms with E-state index in [1.165, 1.54) is 0 Å². The van der Waals surface area contributed by atoms with Crippen LogP contribution in [0.15, 0.2) is 66.7 Å². The molecule has 0 radical (unpaired) electrons. The monoisotopic (exact) mass is 1340 g/mol. The van der Waals surface area contributed by atoms with Gasteiger partial charge < -0.3 is 111 Å². The molecule has 0 saturated carbocycles. The molecule has 0 aromatic heterocycles. The Kier molecular flexibility index (Phi) is 46.2. The Hall–Kier alpha value is -3.74. The zero-order valence-electron chi connectivity index (χ0n) is 59.3. The SMILES string of the molecule is CC(O)COC(C)COCCOCCOCCc1cc(C(c2ccc(N(C)C)cc2)c2ccc(N(CCOCCOCC(C)OCC(C)OCC(C)O)CCOCCOCC(C)OCC(C)OCC(C)O)cc2)ccc1NCCOCCOCCOCC(C)OC(C)(C)O. The molecule has 3 aromatic rings. The molecule has 94 heavy (non-hydrogen) atoms. The summed E-state index contributed by atoms with van der Waals surface area (Å²) in [5.74, 6) is -1.32. The van der Waals surface area contributed by atoms with E-state index >= 15 is 0 Å². The van der Waals surface area contributed by atoms with Crippen molar-refractivity contribution < 1.29 is 96.2 Å². The first-order valence-electron chi connectivity index (χ1n) is 33.9. The van der Waals surface area contributed by atoms with Crippen molar-refractivity contribution in [2.45, 2.75) is 149 Å². The molecule has 3 rings (SSSR count). The number of benzene rings is 3. The minimum absolute atomic E-state index is 0.111. The van der Waals surface area contributed by atoms with Crippen LogP contribution in [0, 0.1) is 0 Å². The molecule has 23 nitrogen and oxygen atoms in total. The van der Waals surface area contributed by atoms with Crippen molar-refractivity contribution in [3.63, 3.8) is 0 Å². The van der Waals surface area contributed by atoms with Gasteiger partial charge in [0, 0.05) is 56.7 Å². The average molecular weight is 1340 g/mol. The highest BCUT2D eigenvalue weighted by Crippen LogP contribution is 2.36. The summed E-state index contributed by atoms with van der Waals surface area (Å²) < 4.78 is 93.1. The lowest BCUT2D eigenvalue weighted by Gasteiger charge is -2.26. The number of hydrogen-bond acceptors (Lipinski definition) is 23. The van der Waals surface area contributed by atoms with Gasteiger partial charge in [-0.2, -0.15) is 0 Å². The van der Waals surface area contributed by atoms with Gasteiger partial charge in [0.1, 0.15) is 0 Å². The van der Waals surface area contributed by atoms with E-state index in [1.54, 1.807) is 34.6 Å². The van der Waals surface area contributed by atoms with E-state index in [0.29, 0.717) is 171 Å². The normalized spacial score (nSPS) is 15.3. The Balaban J connectivity index is 1.77. The summed E-state index contributed by atoms with van der Waals surface area (Å²) in [7, 11) is 4.09. The van der Waals surface area contributed by atoms with Crippen LogP contribution in [-0.4, -0.2) is 280 Å². The van der Waals surface area contributed by atoms with Crippen LogP contribution in [0.5, 0.6) is 0 Å². The third-order valence-electron chi connectivity index (χ3n) is 14.1. The Morgan fingerprint density at radius 1 is 0.383 bits per heavy atom. The van der Waals surface area contributed by atoms with Gasteiger partial charge >= 0.3 is 0 Å². The molecule has 0 aliphatic carbocycles. The highest BCUT2D eigenvalue weighted by atomic mass is 16.6. The van der Waals surface area contributed by atoms with Gasteiger partial charge in [-0.3, -0.25) is 0 Å². The van der Waals surface area contributed by atoms with Crippen molar-refractivity contribution >= 4 is 17.1 Å². The van der Waals surface area contributed by atoms with Crippen LogP contribution in [0.2, 0.25) is 0 Å². The molecule has 0 heterocycles. The van der Waals surface area contributed by atoms with Crippen molar-refractivity contribution in [1.82, 2.24) is 0 Å². The minimum Gasteiger partial charge on any atom is -0.391 e. The molecule has 0 bridgehead atoms. The second kappa shape index (κ2) is 51.4. The van der Waals surface area contributed by atoms with Crippen LogP contribution >= 0.6 is 0 Å². The van der Waals surface area contributed by atoms with Crippen molar-refractivity contribution in [3.8, 4) is 0 Å². The third kappa shape index (κ3) is 42.2. The topological polar surface area (TPSA) is 247 Å². The molecular formula is C71H123N3O20. The van der Waals surface area contributed by atoms with E-state index in [4.69, 9.17) is 75.8 Å². The predicted molar refractivity (Wildman–Crippen MR) is 366 cm³/mol. The predicted octanol–water partition coefficient (Wildman–Crippen LogP) is 7.16. The van der Waals surface area contributed by atoms with Gasteiger partial charge in [0.05, 0.1) is 220 Å². The van der Waals surface area contributed by atoms with Crippen LogP contribution in [0.4, 0.5) is 17.1 Å². The molecule has 10 unspecified atom stereocenters. The van der Waals surface area contributed by atoms with Gasteiger partial charge in [0.15, 0.2) is 5.79 Å². The molecule has 10 atom stereocenters. The molecule has 542 valence electrons. The summed E-state index contributed by atoms with van der Waals surface area (Å²) in [5.41, 5.74) is 7.66. The van der Waals surface area contributed by atoms with Gasteiger partial charge in [0.25, 0.3) is 0 Å². The van der Waals surface area contributed by atoms with Gasteiger partial charge in [-0.1, -0.05) is 36.4 Å². The molecule has 3 aromatic carbocycles. The lowest BCUT2D eigenvalue weighted by molar-refractivity contribution is -0.211. The van der Waals surface area contributed by atoms with Gasteiger partial charge in [0.2, 0.25) is 0 Å². The van der Waals surface area contributed by atoms with Gasteiger partial charge in [-0.15, -0.1) is 0 Å². The number of anilines is 3. The first-order valence-corrected chi connectivity index (χ1v) is 33.9. The Morgan fingerprint density at radius 2 is 0.723 bits per heavy atom. The molecule has 0 aliphatic heterocycles. The van der Waals surface area contributed by atoms with E-state index in [2.05, 4.69) is 81.8 Å². The molecule has 0 spiro atoms. The summed E-state index contributed by atoms with van der Waals surface area (Å²) in [4.78, 5) is 4.39. The summed E-state index contributed by atoms with van der Waals surface area (Å²) in [6.45, 7) is 31.8. The lowest BCUT2D eigenvalue weighted by atomic mass is 9.84. The van der Waals surface area contributed by atoms with Crippen molar-refractivity contribution in [2.24, 2.45) is 0 Å². The molecule has 0 saturated heterocycles. The molecule has 0 amide bonds. The zero-order chi connectivity index (χ0) is 68.8. The average Bonchev–Trinajstić information content (AvgIpc) is 0.796. The highest BCUT2D eigenvalue weighted by Gasteiger charge is 2.22. The second-order valence-electron chi connectivity index (χ2n) is 24.7. The van der Waals surface area contributed by atoms with E-state index in [-0.39, 0.29) is 62.4 Å². The lowest BCUT2D eigenvalue weighted by Crippen LogP contribution is -2.32. The van der Waals surface area contributed by atoms with Crippen LogP contribution in [0.3, 0.4) is 0 Å². The first kappa shape index (κ1) is 84.5. The first-order chi connectivity index (χ1) is 45.1. The third-order valence-corrected chi connectivity index (χ3v) is 14.1. The van der Waals surface area contributed by atoms with Crippen molar-refractivity contribution in [1.29, 1.82) is 0 Å². The summed E-state index contributed by atoms with van der Waals surface area (Å²) in [5, 5.41) is 42.1.